The number of rotatable bonds is 2. The van der Waals surface area contributed by atoms with Gasteiger partial charge in [0.25, 0.3) is 0 Å². The minimum Gasteiger partial charge on any atom is -0.320 e. The SMILES string of the molecule is NC(c1ccc(F)c(F)c1)c1cnccc1C(F)(F)F. The second kappa shape index (κ2) is 5.16. The predicted octanol–water partition coefficient (Wildman–Crippen LogP) is 3.43. The molecule has 1 aromatic carbocycles. The van der Waals surface area contributed by atoms with Crippen molar-refractivity contribution in [1.82, 2.24) is 4.98 Å². The quantitative estimate of drug-likeness (QED) is 0.860. The van der Waals surface area contributed by atoms with E-state index in [0.29, 0.717) is 0 Å². The van der Waals surface area contributed by atoms with Crippen molar-refractivity contribution in [3.63, 3.8) is 0 Å². The Hall–Kier alpha value is -2.02. The summed E-state index contributed by atoms with van der Waals surface area (Å²) in [5, 5.41) is 0. The lowest BCUT2D eigenvalue weighted by atomic mass is 9.96. The molecule has 1 heterocycles. The number of nitrogens with zero attached hydrogens (tertiary/aromatic N) is 1. The van der Waals surface area contributed by atoms with Crippen molar-refractivity contribution < 1.29 is 22.0 Å². The van der Waals surface area contributed by atoms with Crippen molar-refractivity contribution in [3.8, 4) is 0 Å². The van der Waals surface area contributed by atoms with E-state index >= 15 is 0 Å². The number of hydrogen-bond acceptors (Lipinski definition) is 2. The van der Waals surface area contributed by atoms with Crippen LogP contribution in [0, 0.1) is 11.6 Å². The maximum Gasteiger partial charge on any atom is 0.416 e. The van der Waals surface area contributed by atoms with E-state index in [-0.39, 0.29) is 11.1 Å². The van der Waals surface area contributed by atoms with Gasteiger partial charge in [0.15, 0.2) is 11.6 Å². The Morgan fingerprint density at radius 2 is 1.75 bits per heavy atom. The largest absolute Gasteiger partial charge is 0.416 e. The molecular weight excluding hydrogens is 279 g/mol. The Morgan fingerprint density at radius 1 is 1.05 bits per heavy atom. The molecule has 0 amide bonds. The van der Waals surface area contributed by atoms with E-state index in [0.717, 1.165) is 36.7 Å². The Labute approximate surface area is 111 Å². The summed E-state index contributed by atoms with van der Waals surface area (Å²) in [5.41, 5.74) is 4.48. The summed E-state index contributed by atoms with van der Waals surface area (Å²) >= 11 is 0. The van der Waals surface area contributed by atoms with Crippen LogP contribution in [-0.4, -0.2) is 4.98 Å². The zero-order valence-corrected chi connectivity index (χ0v) is 9.96. The lowest BCUT2D eigenvalue weighted by Crippen LogP contribution is -2.19. The number of hydrogen-bond donors (Lipinski definition) is 1. The van der Waals surface area contributed by atoms with E-state index in [9.17, 15) is 22.0 Å². The molecule has 2 N–H and O–H groups in total. The summed E-state index contributed by atoms with van der Waals surface area (Å²) in [5.74, 6) is -2.27. The molecule has 0 aliphatic rings. The van der Waals surface area contributed by atoms with Gasteiger partial charge in [0, 0.05) is 18.0 Å². The number of halogens is 5. The first-order chi connectivity index (χ1) is 9.30. The molecule has 0 bridgehead atoms. The second-order valence-electron chi connectivity index (χ2n) is 4.11. The van der Waals surface area contributed by atoms with Crippen molar-refractivity contribution in [1.29, 1.82) is 0 Å². The fourth-order valence-electron chi connectivity index (χ4n) is 1.80. The molecule has 0 aliphatic heterocycles. The Kier molecular flexibility index (Phi) is 3.71. The van der Waals surface area contributed by atoms with Crippen molar-refractivity contribution in [3.05, 3.63) is 65.0 Å². The van der Waals surface area contributed by atoms with Gasteiger partial charge in [-0.25, -0.2) is 8.78 Å². The number of nitrogens with two attached hydrogens (primary N) is 1. The molecule has 1 atom stereocenters. The van der Waals surface area contributed by atoms with Gasteiger partial charge in [-0.1, -0.05) is 6.07 Å². The molecule has 1 unspecified atom stereocenters. The van der Waals surface area contributed by atoms with Crippen LogP contribution in [-0.2, 0) is 6.18 Å². The van der Waals surface area contributed by atoms with Crippen molar-refractivity contribution in [2.75, 3.05) is 0 Å². The normalized spacial score (nSPS) is 13.3. The van der Waals surface area contributed by atoms with E-state index in [1.54, 1.807) is 0 Å². The zero-order chi connectivity index (χ0) is 14.9. The summed E-state index contributed by atoms with van der Waals surface area (Å²) in [6.45, 7) is 0. The van der Waals surface area contributed by atoms with Gasteiger partial charge in [-0.2, -0.15) is 13.2 Å². The molecule has 2 rings (SSSR count). The van der Waals surface area contributed by atoms with Crippen molar-refractivity contribution in [2.45, 2.75) is 12.2 Å². The highest BCUT2D eigenvalue weighted by atomic mass is 19.4. The number of benzene rings is 1. The monoisotopic (exact) mass is 288 g/mol. The van der Waals surface area contributed by atoms with Crippen LogP contribution in [0.25, 0.3) is 0 Å². The molecule has 0 saturated carbocycles. The van der Waals surface area contributed by atoms with E-state index < -0.39 is 29.4 Å². The van der Waals surface area contributed by atoms with E-state index in [1.165, 1.54) is 0 Å². The molecule has 20 heavy (non-hydrogen) atoms. The lowest BCUT2D eigenvalue weighted by Gasteiger charge is -2.18. The van der Waals surface area contributed by atoms with Crippen LogP contribution < -0.4 is 5.73 Å². The van der Waals surface area contributed by atoms with Gasteiger partial charge in [0.1, 0.15) is 0 Å². The third-order valence-electron chi connectivity index (χ3n) is 2.80. The minimum atomic E-state index is -4.60. The first kappa shape index (κ1) is 14.4. The smallest absolute Gasteiger partial charge is 0.320 e. The average Bonchev–Trinajstić information content (AvgIpc) is 2.40. The highest BCUT2D eigenvalue weighted by Gasteiger charge is 2.35. The van der Waals surface area contributed by atoms with Crippen LogP contribution in [0.3, 0.4) is 0 Å². The molecule has 2 aromatic rings. The fourth-order valence-corrected chi connectivity index (χ4v) is 1.80. The van der Waals surface area contributed by atoms with Crippen molar-refractivity contribution in [2.24, 2.45) is 5.73 Å². The number of aromatic nitrogens is 1. The van der Waals surface area contributed by atoms with Crippen molar-refractivity contribution >= 4 is 0 Å². The summed E-state index contributed by atoms with van der Waals surface area (Å²) in [6.07, 6.45) is -2.65. The van der Waals surface area contributed by atoms with E-state index in [2.05, 4.69) is 4.98 Å². The molecule has 0 aliphatic carbocycles. The molecular formula is C13H9F5N2. The van der Waals surface area contributed by atoms with Gasteiger partial charge < -0.3 is 5.73 Å². The Balaban J connectivity index is 2.48. The van der Waals surface area contributed by atoms with Gasteiger partial charge in [-0.15, -0.1) is 0 Å². The number of pyridine rings is 1. The summed E-state index contributed by atoms with van der Waals surface area (Å²) in [7, 11) is 0. The minimum absolute atomic E-state index is 0.0300. The highest BCUT2D eigenvalue weighted by Crippen LogP contribution is 2.35. The second-order valence-corrected chi connectivity index (χ2v) is 4.11. The predicted molar refractivity (Wildman–Crippen MR) is 61.6 cm³/mol. The van der Waals surface area contributed by atoms with Crippen LogP contribution in [0.2, 0.25) is 0 Å². The Morgan fingerprint density at radius 3 is 2.35 bits per heavy atom. The standard InChI is InChI=1S/C13H9F5N2/c14-10-2-1-7(5-11(10)15)12(19)8-6-20-4-3-9(8)13(16,17)18/h1-6,12H,19H2. The molecule has 2 nitrogen and oxygen atoms in total. The summed E-state index contributed by atoms with van der Waals surface area (Å²) in [4.78, 5) is 3.60. The zero-order valence-electron chi connectivity index (χ0n) is 9.96. The summed E-state index contributed by atoms with van der Waals surface area (Å²) in [6, 6.07) is 2.25. The van der Waals surface area contributed by atoms with Gasteiger partial charge in [0.2, 0.25) is 0 Å². The van der Waals surface area contributed by atoms with Crippen LogP contribution in [0.4, 0.5) is 22.0 Å². The first-order valence-corrected chi connectivity index (χ1v) is 5.52. The molecule has 7 heteroatoms. The van der Waals surface area contributed by atoms with Crippen LogP contribution in [0.15, 0.2) is 36.7 Å². The molecule has 0 spiro atoms. The molecule has 0 saturated heterocycles. The van der Waals surface area contributed by atoms with Gasteiger partial charge in [-0.05, 0) is 23.8 Å². The van der Waals surface area contributed by atoms with Crippen LogP contribution >= 0.6 is 0 Å². The maximum absolute atomic E-state index is 13.1. The van der Waals surface area contributed by atoms with E-state index in [1.807, 2.05) is 0 Å². The molecule has 0 fully saturated rings. The van der Waals surface area contributed by atoms with Crippen LogP contribution in [0.1, 0.15) is 22.7 Å². The highest BCUT2D eigenvalue weighted by molar-refractivity contribution is 5.36. The van der Waals surface area contributed by atoms with Gasteiger partial charge in [0.05, 0.1) is 11.6 Å². The Bertz CT molecular complexity index is 624. The third-order valence-corrected chi connectivity index (χ3v) is 2.80. The fraction of sp³-hybridized carbons (Fsp3) is 0.154. The summed E-state index contributed by atoms with van der Waals surface area (Å²) < 4.78 is 64.5. The van der Waals surface area contributed by atoms with Gasteiger partial charge >= 0.3 is 6.18 Å². The topological polar surface area (TPSA) is 38.9 Å². The third kappa shape index (κ3) is 2.77. The van der Waals surface area contributed by atoms with E-state index in [4.69, 9.17) is 5.73 Å². The average molecular weight is 288 g/mol. The first-order valence-electron chi connectivity index (χ1n) is 5.52. The van der Waals surface area contributed by atoms with Crippen LogP contribution in [0.5, 0.6) is 0 Å². The number of alkyl halides is 3. The lowest BCUT2D eigenvalue weighted by molar-refractivity contribution is -0.138. The molecule has 0 radical (unpaired) electrons. The molecule has 1 aromatic heterocycles. The van der Waals surface area contributed by atoms with Gasteiger partial charge in [-0.3, -0.25) is 4.98 Å². The molecule has 106 valence electrons. The maximum atomic E-state index is 13.1.